The molecule has 0 aliphatic heterocycles. The fourth-order valence-corrected chi connectivity index (χ4v) is 1.71. The predicted molar refractivity (Wildman–Crippen MR) is 61.1 cm³/mol. The monoisotopic (exact) mass is 230 g/mol. The van der Waals surface area contributed by atoms with Crippen LogP contribution < -0.4 is 5.43 Å². The normalized spacial score (nSPS) is 14.2. The molecule has 0 aliphatic rings. The van der Waals surface area contributed by atoms with Gasteiger partial charge in [-0.1, -0.05) is 12.1 Å². The Kier molecular flexibility index (Phi) is 2.91. The largest absolute Gasteiger partial charge is 0.384 e. The maximum atomic E-state index is 11.6. The number of fused-ring (bicyclic) bond motifs is 1. The van der Waals surface area contributed by atoms with E-state index in [9.17, 15) is 15.0 Å². The zero-order valence-corrected chi connectivity index (χ0v) is 8.79. The molecule has 0 saturated heterocycles. The quantitative estimate of drug-likeness (QED) is 0.652. The molecule has 1 heterocycles. The van der Waals surface area contributed by atoms with Gasteiger partial charge in [-0.3, -0.25) is 4.79 Å². The van der Waals surface area contributed by atoms with Gasteiger partial charge < -0.3 is 15.2 Å². The molecule has 5 nitrogen and oxygen atoms in total. The summed E-state index contributed by atoms with van der Waals surface area (Å²) < 4.78 is 0. The minimum atomic E-state index is -1.52. The van der Waals surface area contributed by atoms with Crippen LogP contribution in [0.25, 0.3) is 10.9 Å². The Labute approximate surface area is 96.6 Å². The van der Waals surface area contributed by atoms with E-state index in [1.165, 1.54) is 12.3 Å². The third kappa shape index (κ3) is 1.91. The summed E-state index contributed by atoms with van der Waals surface area (Å²) in [6.07, 6.45) is -1.41. The van der Waals surface area contributed by atoms with Crippen LogP contribution in [-0.4, -0.2) is 21.3 Å². The highest BCUT2D eigenvalue weighted by Gasteiger charge is 2.20. The Bertz CT molecular complexity index is 642. The first-order valence-electron chi connectivity index (χ1n) is 5.01. The number of nitrogens with zero attached hydrogens (tertiary/aromatic N) is 1. The molecule has 0 aliphatic carbocycles. The zero-order chi connectivity index (χ0) is 12.4. The van der Waals surface area contributed by atoms with Gasteiger partial charge in [0.25, 0.3) is 0 Å². The molecule has 17 heavy (non-hydrogen) atoms. The number of hydrogen-bond acceptors (Lipinski definition) is 4. The summed E-state index contributed by atoms with van der Waals surface area (Å²) >= 11 is 0. The van der Waals surface area contributed by atoms with Gasteiger partial charge >= 0.3 is 0 Å². The summed E-state index contributed by atoms with van der Waals surface area (Å²) in [7, 11) is 0. The molecule has 0 bridgehead atoms. The van der Waals surface area contributed by atoms with Gasteiger partial charge in [-0.2, -0.15) is 5.26 Å². The lowest BCUT2D eigenvalue weighted by Gasteiger charge is -2.13. The van der Waals surface area contributed by atoms with E-state index in [4.69, 9.17) is 5.26 Å². The summed E-state index contributed by atoms with van der Waals surface area (Å²) in [5.74, 6) is 0. The second kappa shape index (κ2) is 4.37. The Balaban J connectivity index is 2.68. The van der Waals surface area contributed by atoms with E-state index in [0.29, 0.717) is 16.5 Å². The maximum Gasteiger partial charge on any atom is 0.189 e. The lowest BCUT2D eigenvalue weighted by Crippen LogP contribution is -2.17. The van der Waals surface area contributed by atoms with Crippen molar-refractivity contribution in [1.29, 1.82) is 5.26 Å². The summed E-state index contributed by atoms with van der Waals surface area (Å²) in [5, 5.41) is 28.1. The van der Waals surface area contributed by atoms with Crippen LogP contribution in [0.4, 0.5) is 0 Å². The lowest BCUT2D eigenvalue weighted by molar-refractivity contribution is 0.0536. The van der Waals surface area contributed by atoms with E-state index >= 15 is 0 Å². The molecule has 2 rings (SSSR count). The molecular formula is C12H10N2O3. The first kappa shape index (κ1) is 11.3. The molecule has 2 aromatic rings. The molecule has 2 atom stereocenters. The Morgan fingerprint density at radius 3 is 2.76 bits per heavy atom. The first-order valence-corrected chi connectivity index (χ1v) is 5.01. The fourth-order valence-electron chi connectivity index (χ4n) is 1.71. The van der Waals surface area contributed by atoms with Crippen molar-refractivity contribution in [2.24, 2.45) is 0 Å². The van der Waals surface area contributed by atoms with E-state index in [2.05, 4.69) is 4.98 Å². The summed E-state index contributed by atoms with van der Waals surface area (Å²) in [6, 6.07) is 7.70. The van der Waals surface area contributed by atoms with Crippen molar-refractivity contribution in [2.45, 2.75) is 12.2 Å². The predicted octanol–water partition coefficient (Wildman–Crippen LogP) is 0.446. The second-order valence-corrected chi connectivity index (χ2v) is 3.63. The van der Waals surface area contributed by atoms with Crippen molar-refractivity contribution in [3.63, 3.8) is 0 Å². The van der Waals surface area contributed by atoms with Crippen molar-refractivity contribution in [3.8, 4) is 6.07 Å². The highest BCUT2D eigenvalue weighted by atomic mass is 16.3. The molecular weight excluding hydrogens is 220 g/mol. The van der Waals surface area contributed by atoms with Crippen molar-refractivity contribution >= 4 is 10.9 Å². The van der Waals surface area contributed by atoms with Crippen LogP contribution in [-0.2, 0) is 0 Å². The third-order valence-electron chi connectivity index (χ3n) is 2.57. The molecule has 0 fully saturated rings. The highest BCUT2D eigenvalue weighted by molar-refractivity contribution is 5.81. The number of aliphatic hydroxyl groups is 2. The van der Waals surface area contributed by atoms with Gasteiger partial charge in [0, 0.05) is 23.2 Å². The topological polar surface area (TPSA) is 97.1 Å². The van der Waals surface area contributed by atoms with Crippen LogP contribution in [0, 0.1) is 11.3 Å². The molecule has 1 aromatic heterocycles. The maximum absolute atomic E-state index is 11.6. The number of pyridine rings is 1. The van der Waals surface area contributed by atoms with Crippen molar-refractivity contribution < 1.29 is 10.2 Å². The third-order valence-corrected chi connectivity index (χ3v) is 2.57. The molecule has 5 heteroatoms. The second-order valence-electron chi connectivity index (χ2n) is 3.63. The lowest BCUT2D eigenvalue weighted by atomic mass is 10.0. The number of para-hydroxylation sites is 1. The molecule has 86 valence electrons. The molecule has 3 N–H and O–H groups in total. The van der Waals surface area contributed by atoms with E-state index in [0.717, 1.165) is 0 Å². The molecule has 0 spiro atoms. The van der Waals surface area contributed by atoms with Crippen molar-refractivity contribution in [2.75, 3.05) is 0 Å². The molecule has 2 unspecified atom stereocenters. The van der Waals surface area contributed by atoms with E-state index < -0.39 is 12.2 Å². The number of hydrogen-bond donors (Lipinski definition) is 3. The Morgan fingerprint density at radius 1 is 1.29 bits per heavy atom. The first-order chi connectivity index (χ1) is 8.15. The summed E-state index contributed by atoms with van der Waals surface area (Å²) in [4.78, 5) is 14.4. The number of rotatable bonds is 2. The molecule has 1 aromatic carbocycles. The van der Waals surface area contributed by atoms with Gasteiger partial charge in [-0.05, 0) is 6.07 Å². The van der Waals surface area contributed by atoms with E-state index in [1.54, 1.807) is 24.3 Å². The van der Waals surface area contributed by atoms with Gasteiger partial charge in [0.15, 0.2) is 11.5 Å². The molecule has 0 amide bonds. The molecule has 0 radical (unpaired) electrons. The minimum absolute atomic E-state index is 0.181. The number of aliphatic hydroxyl groups excluding tert-OH is 2. The minimum Gasteiger partial charge on any atom is -0.384 e. The van der Waals surface area contributed by atoms with Crippen LogP contribution in [0.2, 0.25) is 0 Å². The van der Waals surface area contributed by atoms with Gasteiger partial charge in [0.1, 0.15) is 6.10 Å². The van der Waals surface area contributed by atoms with E-state index in [1.807, 2.05) is 0 Å². The zero-order valence-electron chi connectivity index (χ0n) is 8.79. The van der Waals surface area contributed by atoms with Crippen molar-refractivity contribution in [1.82, 2.24) is 4.98 Å². The number of nitriles is 1. The average Bonchev–Trinajstić information content (AvgIpc) is 2.37. The van der Waals surface area contributed by atoms with Gasteiger partial charge in [-0.15, -0.1) is 0 Å². The van der Waals surface area contributed by atoms with E-state index in [-0.39, 0.29) is 5.43 Å². The van der Waals surface area contributed by atoms with Crippen molar-refractivity contribution in [3.05, 3.63) is 46.2 Å². The Morgan fingerprint density at radius 2 is 2.06 bits per heavy atom. The standard InChI is InChI=1S/C12H10N2O3/c13-6-10(16)12(17)8-3-1-2-7-9(15)4-5-14-11(7)8/h1-5,10,12,16-17H,(H,14,15). The highest BCUT2D eigenvalue weighted by Crippen LogP contribution is 2.22. The van der Waals surface area contributed by atoms with Crippen LogP contribution in [0.15, 0.2) is 35.3 Å². The number of aromatic nitrogens is 1. The molecule has 0 saturated carbocycles. The average molecular weight is 230 g/mol. The fraction of sp³-hybridized carbons (Fsp3) is 0.167. The Hall–Kier alpha value is -2.16. The van der Waals surface area contributed by atoms with Gasteiger partial charge in [0.05, 0.1) is 11.6 Å². The van der Waals surface area contributed by atoms with Crippen LogP contribution in [0.1, 0.15) is 11.7 Å². The number of nitrogens with one attached hydrogen (secondary N) is 1. The van der Waals surface area contributed by atoms with Crippen LogP contribution in [0.3, 0.4) is 0 Å². The smallest absolute Gasteiger partial charge is 0.189 e. The van der Waals surface area contributed by atoms with Crippen LogP contribution in [0.5, 0.6) is 0 Å². The SMILES string of the molecule is N#CC(O)C(O)c1cccc2c(=O)cc[nH]c12. The number of aromatic amines is 1. The number of benzene rings is 1. The summed E-state index contributed by atoms with van der Waals surface area (Å²) in [5.41, 5.74) is 0.579. The van der Waals surface area contributed by atoms with Gasteiger partial charge in [-0.25, -0.2) is 0 Å². The van der Waals surface area contributed by atoms with Gasteiger partial charge in [0.2, 0.25) is 0 Å². The van der Waals surface area contributed by atoms with Crippen LogP contribution >= 0.6 is 0 Å². The number of H-pyrrole nitrogens is 1. The summed E-state index contributed by atoms with van der Waals surface area (Å²) in [6.45, 7) is 0.